The molecular weight excluding hydrogens is 350 g/mol. The van der Waals surface area contributed by atoms with Gasteiger partial charge in [-0.15, -0.1) is 11.3 Å². The quantitative estimate of drug-likeness (QED) is 0.563. The van der Waals surface area contributed by atoms with E-state index in [1.54, 1.807) is 0 Å². The number of carboxylic acids is 1. The lowest BCUT2D eigenvalue weighted by Crippen LogP contribution is -2.02. The Morgan fingerprint density at radius 2 is 1.92 bits per heavy atom. The fourth-order valence-corrected chi connectivity index (χ4v) is 3.34. The number of aromatic carboxylic acids is 1. The highest BCUT2D eigenvalue weighted by Gasteiger charge is 2.27. The fourth-order valence-electron chi connectivity index (χ4n) is 2.30. The number of aromatic nitrogens is 1. The number of nitrogens with zero attached hydrogens (tertiary/aromatic N) is 1. The first-order valence-corrected chi connectivity index (χ1v) is 7.20. The number of hydrogen-bond donors (Lipinski definition) is 1. The van der Waals surface area contributed by atoms with Gasteiger partial charge < -0.3 is 9.84 Å². The van der Waals surface area contributed by atoms with Crippen LogP contribution in [0.15, 0.2) is 18.3 Å². The van der Waals surface area contributed by atoms with Gasteiger partial charge in [0.15, 0.2) is 17.4 Å². The number of halogens is 4. The molecule has 1 aromatic carbocycles. The summed E-state index contributed by atoms with van der Waals surface area (Å²) >= 11 is 0.647. The van der Waals surface area contributed by atoms with Gasteiger partial charge in [0.05, 0.1) is 23.5 Å². The van der Waals surface area contributed by atoms with Crippen molar-refractivity contribution in [2.45, 2.75) is 0 Å². The molecule has 24 heavy (non-hydrogen) atoms. The summed E-state index contributed by atoms with van der Waals surface area (Å²) in [4.78, 5) is 14.8. The normalized spacial score (nSPS) is 11.0. The van der Waals surface area contributed by atoms with Crippen molar-refractivity contribution in [3.8, 4) is 16.9 Å². The number of pyridine rings is 1. The van der Waals surface area contributed by atoms with Crippen LogP contribution in [0.4, 0.5) is 17.6 Å². The van der Waals surface area contributed by atoms with Gasteiger partial charge in [-0.1, -0.05) is 0 Å². The zero-order chi connectivity index (χ0) is 17.6. The molecule has 0 spiro atoms. The molecule has 0 aliphatic carbocycles. The first-order chi connectivity index (χ1) is 11.3. The highest BCUT2D eigenvalue weighted by Crippen LogP contribution is 2.42. The number of thiophene rings is 1. The molecule has 0 aliphatic rings. The number of methoxy groups -OCH3 is 1. The van der Waals surface area contributed by atoms with Gasteiger partial charge in [0, 0.05) is 11.1 Å². The molecule has 4 nitrogen and oxygen atoms in total. The van der Waals surface area contributed by atoms with Crippen molar-refractivity contribution >= 4 is 27.5 Å². The van der Waals surface area contributed by atoms with Crippen LogP contribution in [0.2, 0.25) is 0 Å². The van der Waals surface area contributed by atoms with Crippen molar-refractivity contribution in [1.29, 1.82) is 0 Å². The third-order valence-electron chi connectivity index (χ3n) is 3.28. The Labute approximate surface area is 135 Å². The Morgan fingerprint density at radius 1 is 1.21 bits per heavy atom. The van der Waals surface area contributed by atoms with E-state index in [0.717, 1.165) is 19.4 Å². The van der Waals surface area contributed by atoms with Crippen LogP contribution in [0.25, 0.3) is 21.3 Å². The lowest BCUT2D eigenvalue weighted by Gasteiger charge is -2.10. The predicted molar refractivity (Wildman–Crippen MR) is 78.4 cm³/mol. The summed E-state index contributed by atoms with van der Waals surface area (Å²) in [5.41, 5.74) is -0.837. The molecule has 2 aromatic heterocycles. The van der Waals surface area contributed by atoms with E-state index in [2.05, 4.69) is 9.72 Å². The van der Waals surface area contributed by atoms with E-state index in [4.69, 9.17) is 0 Å². The van der Waals surface area contributed by atoms with Crippen molar-refractivity contribution < 1.29 is 32.2 Å². The molecule has 0 radical (unpaired) electrons. The van der Waals surface area contributed by atoms with Crippen molar-refractivity contribution in [3.05, 3.63) is 46.5 Å². The third-order valence-corrected chi connectivity index (χ3v) is 4.39. The summed E-state index contributed by atoms with van der Waals surface area (Å²) in [5.74, 6) is -7.35. The third kappa shape index (κ3) is 2.37. The average molecular weight is 357 g/mol. The molecule has 1 N–H and O–H groups in total. The summed E-state index contributed by atoms with van der Waals surface area (Å²) in [6.45, 7) is 0. The number of fused-ring (bicyclic) bond motifs is 1. The smallest absolute Gasteiger partial charge is 0.346 e. The van der Waals surface area contributed by atoms with E-state index in [-0.39, 0.29) is 20.7 Å². The second-order valence-corrected chi connectivity index (χ2v) is 5.73. The van der Waals surface area contributed by atoms with Crippen molar-refractivity contribution in [3.63, 3.8) is 0 Å². The largest absolute Gasteiger partial charge is 0.491 e. The molecule has 0 saturated carbocycles. The monoisotopic (exact) mass is 357 g/mol. The molecule has 0 fully saturated rings. The Hall–Kier alpha value is -2.68. The van der Waals surface area contributed by atoms with Crippen molar-refractivity contribution in [1.82, 2.24) is 4.98 Å². The van der Waals surface area contributed by atoms with Gasteiger partial charge in [0.1, 0.15) is 10.7 Å². The molecule has 0 bridgehead atoms. The van der Waals surface area contributed by atoms with E-state index in [1.165, 1.54) is 0 Å². The van der Waals surface area contributed by atoms with E-state index in [0.29, 0.717) is 17.4 Å². The summed E-state index contributed by atoms with van der Waals surface area (Å²) in [6.07, 6.45) is 0.819. The van der Waals surface area contributed by atoms with Gasteiger partial charge >= 0.3 is 5.97 Å². The highest BCUT2D eigenvalue weighted by atomic mass is 32.1. The minimum Gasteiger partial charge on any atom is -0.491 e. The molecule has 0 unspecified atom stereocenters. The maximum Gasteiger partial charge on any atom is 0.346 e. The number of rotatable bonds is 3. The van der Waals surface area contributed by atoms with Crippen LogP contribution in [0.5, 0.6) is 5.75 Å². The summed E-state index contributed by atoms with van der Waals surface area (Å²) < 4.78 is 59.8. The molecule has 0 aliphatic heterocycles. The van der Waals surface area contributed by atoms with Crippen LogP contribution < -0.4 is 4.74 Å². The van der Waals surface area contributed by atoms with Crippen LogP contribution in [-0.4, -0.2) is 23.2 Å². The number of benzene rings is 1. The Balaban J connectivity index is 2.44. The zero-order valence-corrected chi connectivity index (χ0v) is 12.7. The minimum absolute atomic E-state index is 0.0363. The van der Waals surface area contributed by atoms with Crippen LogP contribution in [0, 0.1) is 23.3 Å². The van der Waals surface area contributed by atoms with Crippen LogP contribution >= 0.6 is 11.3 Å². The first-order valence-electron chi connectivity index (χ1n) is 6.38. The molecule has 3 aromatic rings. The summed E-state index contributed by atoms with van der Waals surface area (Å²) in [6, 6.07) is 1.55. The van der Waals surface area contributed by atoms with Crippen LogP contribution in [0.1, 0.15) is 9.67 Å². The SMILES string of the molecule is COc1c(F)c(F)cc(-c2c(C(=O)O)sc3cc(F)cnc23)c1F. The average Bonchev–Trinajstić information content (AvgIpc) is 2.90. The molecule has 9 heteroatoms. The van der Waals surface area contributed by atoms with E-state index in [9.17, 15) is 27.5 Å². The molecule has 0 saturated heterocycles. The second kappa shape index (κ2) is 5.75. The molecule has 0 atom stereocenters. The molecule has 2 heterocycles. The highest BCUT2D eigenvalue weighted by molar-refractivity contribution is 7.21. The molecule has 3 rings (SSSR count). The summed E-state index contributed by atoms with van der Waals surface area (Å²) in [7, 11) is 0.947. The number of hydrogen-bond acceptors (Lipinski definition) is 4. The molecular formula is C15H7F4NO3S. The molecule has 124 valence electrons. The van der Waals surface area contributed by atoms with Crippen molar-refractivity contribution in [2.75, 3.05) is 7.11 Å². The number of ether oxygens (including phenoxy) is 1. The Bertz CT molecular complexity index is 987. The molecule has 0 amide bonds. The fraction of sp³-hybridized carbons (Fsp3) is 0.0667. The minimum atomic E-state index is -1.53. The van der Waals surface area contributed by atoms with Crippen LogP contribution in [-0.2, 0) is 0 Å². The zero-order valence-electron chi connectivity index (χ0n) is 11.9. The number of carboxylic acid groups (broad SMARTS) is 1. The maximum absolute atomic E-state index is 14.5. The van der Waals surface area contributed by atoms with E-state index in [1.807, 2.05) is 0 Å². The standard InChI is InChI=1S/C15H7F4NO3S/c1-23-13-10(18)6(3-7(17)11(13)19)9-12-8(2-5(16)4-20-12)24-14(9)15(21)22/h2-4H,1H3,(H,21,22). The van der Waals surface area contributed by atoms with Gasteiger partial charge in [-0.05, 0) is 12.1 Å². The number of carbonyl (C=O) groups is 1. The van der Waals surface area contributed by atoms with Gasteiger partial charge in [0.25, 0.3) is 0 Å². The predicted octanol–water partition coefficient (Wildman–Crippen LogP) is 4.23. The van der Waals surface area contributed by atoms with Gasteiger partial charge in [-0.25, -0.2) is 18.0 Å². The second-order valence-electron chi connectivity index (χ2n) is 4.68. The first kappa shape index (κ1) is 16.2. The van der Waals surface area contributed by atoms with Crippen molar-refractivity contribution in [2.24, 2.45) is 0 Å². The lowest BCUT2D eigenvalue weighted by molar-refractivity contribution is 0.0703. The lowest BCUT2D eigenvalue weighted by atomic mass is 10.0. The van der Waals surface area contributed by atoms with E-state index < -0.39 is 40.6 Å². The topological polar surface area (TPSA) is 59.4 Å². The van der Waals surface area contributed by atoms with Gasteiger partial charge in [-0.3, -0.25) is 4.98 Å². The Morgan fingerprint density at radius 3 is 2.54 bits per heavy atom. The maximum atomic E-state index is 14.5. The van der Waals surface area contributed by atoms with E-state index >= 15 is 0 Å². The Kier molecular flexibility index (Phi) is 3.88. The van der Waals surface area contributed by atoms with Gasteiger partial charge in [-0.2, -0.15) is 4.39 Å². The summed E-state index contributed by atoms with van der Waals surface area (Å²) in [5, 5.41) is 9.31. The van der Waals surface area contributed by atoms with Crippen LogP contribution in [0.3, 0.4) is 0 Å². The van der Waals surface area contributed by atoms with Gasteiger partial charge in [0.2, 0.25) is 5.82 Å².